The molecule has 0 saturated heterocycles. The van der Waals surface area contributed by atoms with Gasteiger partial charge < -0.3 is 20.7 Å². The van der Waals surface area contributed by atoms with E-state index in [2.05, 4.69) is 83.6 Å². The van der Waals surface area contributed by atoms with Crippen molar-refractivity contribution >= 4 is 36.0 Å². The van der Waals surface area contributed by atoms with Crippen LogP contribution >= 0.6 is 30.0 Å². The smallest absolute Gasteiger partial charge is 0.189 e. The van der Waals surface area contributed by atoms with Crippen molar-refractivity contribution in [2.45, 2.75) is 99.0 Å². The van der Waals surface area contributed by atoms with Gasteiger partial charge in [-0.2, -0.15) is 0 Å². The lowest BCUT2D eigenvalue weighted by Gasteiger charge is -2.48. The predicted octanol–water partition coefficient (Wildman–Crippen LogP) is 4.92. The first-order valence-corrected chi connectivity index (χ1v) is 14.9. The van der Waals surface area contributed by atoms with Gasteiger partial charge in [-0.1, -0.05) is 21.6 Å². The molecule has 0 aliphatic rings. The van der Waals surface area contributed by atoms with Crippen LogP contribution in [0, 0.1) is 0 Å². The fourth-order valence-electron chi connectivity index (χ4n) is 3.18. The summed E-state index contributed by atoms with van der Waals surface area (Å²) < 4.78 is 17.9. The minimum Gasteiger partial charge on any atom is -0.378 e. The molecule has 0 radical (unpaired) electrons. The molecule has 31 heavy (non-hydrogen) atoms. The largest absolute Gasteiger partial charge is 0.378 e. The minimum atomic E-state index is -0.929. The number of rotatable bonds is 17. The Hall–Kier alpha value is 0.240. The topological polar surface area (TPSA) is 89.3 Å². The number of nitrogens with two attached hydrogens (primary N) is 2. The van der Waals surface area contributed by atoms with E-state index in [-0.39, 0.29) is 11.6 Å². The molecule has 0 fully saturated rings. The van der Waals surface area contributed by atoms with E-state index in [1.54, 1.807) is 21.6 Å². The molecule has 7 nitrogen and oxygen atoms in total. The van der Waals surface area contributed by atoms with Crippen LogP contribution in [0.3, 0.4) is 0 Å². The predicted molar refractivity (Wildman–Crippen MR) is 143 cm³/mol. The number of aliphatic imine (C=N–C) groups is 1. The molecule has 0 atom stereocenters. The molecule has 4 N–H and O–H groups in total. The molecule has 0 unspecified atom stereocenters. The van der Waals surface area contributed by atoms with E-state index < -0.39 is 8.45 Å². The summed E-state index contributed by atoms with van der Waals surface area (Å²) in [7, 11) is 2.62. The number of hydrogen-bond acceptors (Lipinski definition) is 7. The van der Waals surface area contributed by atoms with Gasteiger partial charge in [-0.3, -0.25) is 4.99 Å². The molecule has 0 aromatic carbocycles. The van der Waals surface area contributed by atoms with Crippen molar-refractivity contribution < 1.29 is 9.26 Å². The lowest BCUT2D eigenvalue weighted by atomic mass is 10.2. The molecule has 0 saturated carbocycles. The van der Waals surface area contributed by atoms with E-state index in [0.29, 0.717) is 43.9 Å². The SMILES string of the molecule is CC(C)N(C(C)C)P(OC(C)(C)COCCSSCCN=C(N)N)N(C(C)C)C(C)C. The molecule has 0 heterocycles. The van der Waals surface area contributed by atoms with Crippen LogP contribution in [0.25, 0.3) is 0 Å². The molecular formula is C21H48N5O2PS2. The fraction of sp³-hybridized carbons (Fsp3) is 0.952. The average molecular weight is 498 g/mol. The molecule has 0 rings (SSSR count). The van der Waals surface area contributed by atoms with Gasteiger partial charge in [0.25, 0.3) is 0 Å². The normalized spacial score (nSPS) is 13.1. The quantitative estimate of drug-likeness (QED) is 0.0962. The van der Waals surface area contributed by atoms with E-state index in [9.17, 15) is 0 Å². The molecule has 0 bridgehead atoms. The molecule has 0 aliphatic heterocycles. The number of ether oxygens (including phenoxy) is 1. The molecule has 0 aromatic heterocycles. The maximum Gasteiger partial charge on any atom is 0.189 e. The Kier molecular flexibility index (Phi) is 16.1. The van der Waals surface area contributed by atoms with Crippen LogP contribution in [0.15, 0.2) is 4.99 Å². The van der Waals surface area contributed by atoms with Crippen LogP contribution < -0.4 is 11.5 Å². The minimum absolute atomic E-state index is 0.151. The van der Waals surface area contributed by atoms with Crippen molar-refractivity contribution in [3.05, 3.63) is 0 Å². The van der Waals surface area contributed by atoms with E-state index >= 15 is 0 Å². The molecule has 10 heteroatoms. The van der Waals surface area contributed by atoms with Gasteiger partial charge in [0, 0.05) is 35.7 Å². The van der Waals surface area contributed by atoms with Gasteiger partial charge in [-0.25, -0.2) is 9.34 Å². The summed E-state index contributed by atoms with van der Waals surface area (Å²) in [6.45, 7) is 24.2. The zero-order chi connectivity index (χ0) is 24.2. The van der Waals surface area contributed by atoms with Crippen molar-refractivity contribution in [3.63, 3.8) is 0 Å². The Morgan fingerprint density at radius 2 is 1.32 bits per heavy atom. The van der Waals surface area contributed by atoms with Crippen molar-refractivity contribution in [3.8, 4) is 0 Å². The first kappa shape index (κ1) is 31.2. The van der Waals surface area contributed by atoms with Crippen LogP contribution in [0.2, 0.25) is 0 Å². The standard InChI is InChI=1S/C21H48N5O2PS2/c1-16(2)25(17(3)4)29(26(18(5)6)19(7)8)28-21(9,10)15-27-12-14-31-30-13-11-24-20(22)23/h16-19H,11-15H2,1-10H3,(H4,22,23,24). The van der Waals surface area contributed by atoms with Gasteiger partial charge in [-0.05, 0) is 69.2 Å². The maximum absolute atomic E-state index is 6.83. The third-order valence-electron chi connectivity index (χ3n) is 4.15. The van der Waals surface area contributed by atoms with Crippen LogP contribution in [-0.2, 0) is 9.26 Å². The second kappa shape index (κ2) is 16.0. The van der Waals surface area contributed by atoms with Crippen molar-refractivity contribution in [1.82, 2.24) is 9.34 Å². The number of nitrogens with zero attached hydrogens (tertiary/aromatic N) is 3. The summed E-state index contributed by atoms with van der Waals surface area (Å²) in [6.07, 6.45) is 0. The van der Waals surface area contributed by atoms with Crippen molar-refractivity contribution in [1.29, 1.82) is 0 Å². The maximum atomic E-state index is 6.83. The first-order chi connectivity index (χ1) is 14.3. The number of guanidine groups is 1. The van der Waals surface area contributed by atoms with Gasteiger partial charge in [-0.15, -0.1) is 0 Å². The highest BCUT2D eigenvalue weighted by molar-refractivity contribution is 8.76. The summed E-state index contributed by atoms with van der Waals surface area (Å²) in [5, 5.41) is 0. The van der Waals surface area contributed by atoms with E-state index in [4.69, 9.17) is 20.7 Å². The Morgan fingerprint density at radius 3 is 1.74 bits per heavy atom. The molecule has 0 spiro atoms. The highest BCUT2D eigenvalue weighted by Gasteiger charge is 2.38. The third-order valence-corrected chi connectivity index (χ3v) is 9.80. The molecule has 0 aliphatic carbocycles. The highest BCUT2D eigenvalue weighted by atomic mass is 33.1. The van der Waals surface area contributed by atoms with Crippen molar-refractivity contribution in [2.24, 2.45) is 16.5 Å². The van der Waals surface area contributed by atoms with E-state index in [1.807, 2.05) is 0 Å². The van der Waals surface area contributed by atoms with Gasteiger partial charge in [0.1, 0.15) is 0 Å². The summed E-state index contributed by atoms with van der Waals surface area (Å²) in [6, 6.07) is 1.59. The second-order valence-corrected chi connectivity index (χ2v) is 13.6. The fourth-order valence-corrected chi connectivity index (χ4v) is 7.41. The first-order valence-electron chi connectivity index (χ1n) is 11.2. The molecule has 186 valence electrons. The molecule has 0 amide bonds. The average Bonchev–Trinajstić information content (AvgIpc) is 2.58. The van der Waals surface area contributed by atoms with E-state index in [0.717, 1.165) is 11.5 Å². The summed E-state index contributed by atoms with van der Waals surface area (Å²) >= 11 is 0. The van der Waals surface area contributed by atoms with Gasteiger partial charge in [0.05, 0.1) is 25.4 Å². The Balaban J connectivity index is 4.84. The zero-order valence-corrected chi connectivity index (χ0v) is 23.9. The van der Waals surface area contributed by atoms with Crippen molar-refractivity contribution in [2.75, 3.05) is 31.3 Å². The highest BCUT2D eigenvalue weighted by Crippen LogP contribution is 2.53. The van der Waals surface area contributed by atoms with Crippen LogP contribution in [0.4, 0.5) is 0 Å². The monoisotopic (exact) mass is 497 g/mol. The number of hydrogen-bond donors (Lipinski definition) is 2. The van der Waals surface area contributed by atoms with Crippen LogP contribution in [0.5, 0.6) is 0 Å². The van der Waals surface area contributed by atoms with Gasteiger partial charge in [0.2, 0.25) is 0 Å². The van der Waals surface area contributed by atoms with Crippen LogP contribution in [0.1, 0.15) is 69.2 Å². The lowest BCUT2D eigenvalue weighted by molar-refractivity contribution is -0.00525. The molecule has 0 aromatic rings. The van der Waals surface area contributed by atoms with E-state index in [1.165, 1.54) is 0 Å². The third kappa shape index (κ3) is 13.5. The van der Waals surface area contributed by atoms with Crippen LogP contribution in [-0.4, -0.2) is 76.3 Å². The molecular weight excluding hydrogens is 449 g/mol. The summed E-state index contributed by atoms with van der Waals surface area (Å²) in [5.74, 6) is 1.96. The lowest BCUT2D eigenvalue weighted by Crippen LogP contribution is -2.46. The summed E-state index contributed by atoms with van der Waals surface area (Å²) in [4.78, 5) is 3.98. The second-order valence-electron chi connectivity index (χ2n) is 9.24. The van der Waals surface area contributed by atoms with Gasteiger partial charge >= 0.3 is 0 Å². The Bertz CT molecular complexity index is 468. The zero-order valence-electron chi connectivity index (χ0n) is 21.4. The Morgan fingerprint density at radius 1 is 0.871 bits per heavy atom. The van der Waals surface area contributed by atoms with Gasteiger partial charge in [0.15, 0.2) is 14.4 Å². The Labute approximate surface area is 201 Å². The summed E-state index contributed by atoms with van der Waals surface area (Å²) in [5.41, 5.74) is 10.3.